The molecule has 7 nitrogen and oxygen atoms in total. The van der Waals surface area contributed by atoms with Crippen LogP contribution in [0.4, 0.5) is 8.78 Å². The fraction of sp³-hybridized carbons (Fsp3) is 0.263. The van der Waals surface area contributed by atoms with E-state index in [1.807, 2.05) is 0 Å². The van der Waals surface area contributed by atoms with Gasteiger partial charge in [-0.2, -0.15) is 0 Å². The van der Waals surface area contributed by atoms with Crippen molar-refractivity contribution in [1.82, 2.24) is 15.4 Å². The van der Waals surface area contributed by atoms with E-state index in [1.165, 1.54) is 37.4 Å². The first-order valence-corrected chi connectivity index (χ1v) is 10.3. The lowest BCUT2D eigenvalue weighted by Crippen LogP contribution is -2.39. The van der Waals surface area contributed by atoms with Gasteiger partial charge in [-0.05, 0) is 54.8 Å². The molecule has 2 aromatic carbocycles. The van der Waals surface area contributed by atoms with Gasteiger partial charge in [-0.25, -0.2) is 21.9 Å². The summed E-state index contributed by atoms with van der Waals surface area (Å²) in [5.74, 6) is -3.53. The molecule has 154 valence electrons. The average Bonchev–Trinajstić information content (AvgIpc) is 3.51. The van der Waals surface area contributed by atoms with E-state index in [-0.39, 0.29) is 22.1 Å². The summed E-state index contributed by atoms with van der Waals surface area (Å²) < 4.78 is 53.6. The predicted molar refractivity (Wildman–Crippen MR) is 100 cm³/mol. The molecule has 3 rings (SSSR count). The third-order valence-corrected chi connectivity index (χ3v) is 5.92. The van der Waals surface area contributed by atoms with Crippen LogP contribution in [0.15, 0.2) is 47.4 Å². The summed E-state index contributed by atoms with van der Waals surface area (Å²) in [4.78, 5) is 24.7. The number of hydrogen-bond acceptors (Lipinski definition) is 4. The zero-order chi connectivity index (χ0) is 21.2. The van der Waals surface area contributed by atoms with Gasteiger partial charge in [-0.3, -0.25) is 9.59 Å². The third-order valence-electron chi connectivity index (χ3n) is 4.39. The zero-order valence-corrected chi connectivity index (χ0v) is 16.2. The quantitative estimate of drug-likeness (QED) is 0.630. The summed E-state index contributed by atoms with van der Waals surface area (Å²) >= 11 is 0. The summed E-state index contributed by atoms with van der Waals surface area (Å²) in [6.45, 7) is 0. The van der Waals surface area contributed by atoms with Crippen LogP contribution in [-0.2, 0) is 14.8 Å². The van der Waals surface area contributed by atoms with Crippen molar-refractivity contribution >= 4 is 21.8 Å². The van der Waals surface area contributed by atoms with E-state index >= 15 is 0 Å². The number of hydrogen-bond donors (Lipinski definition) is 3. The molecule has 1 aliphatic rings. The standard InChI is InChI=1S/C19H19F2N3O4S/c1-22-19(26)17(12-4-9-15(20)16(21)10-12)23-18(25)11-2-7-14(8-3-11)29(27,28)24-13-5-6-13/h2-4,7-10,13,17,24H,5-6H2,1H3,(H,22,26)(H,23,25). The number of sulfonamides is 1. The molecule has 1 saturated carbocycles. The normalized spacial score (nSPS) is 14.9. The Kier molecular flexibility index (Phi) is 5.94. The van der Waals surface area contributed by atoms with E-state index in [1.54, 1.807) is 0 Å². The topological polar surface area (TPSA) is 104 Å². The highest BCUT2D eigenvalue weighted by atomic mass is 32.2. The average molecular weight is 423 g/mol. The fourth-order valence-corrected chi connectivity index (χ4v) is 3.93. The summed E-state index contributed by atoms with van der Waals surface area (Å²) in [6, 6.07) is 6.76. The Balaban J connectivity index is 1.78. The molecule has 1 unspecified atom stereocenters. The molecule has 10 heteroatoms. The molecule has 1 aliphatic carbocycles. The molecule has 0 aromatic heterocycles. The Labute approximate surface area is 166 Å². The maximum atomic E-state index is 13.5. The summed E-state index contributed by atoms with van der Waals surface area (Å²) in [5, 5.41) is 4.79. The molecule has 0 heterocycles. The predicted octanol–water partition coefficient (Wildman–Crippen LogP) is 1.62. The second-order valence-electron chi connectivity index (χ2n) is 6.61. The van der Waals surface area contributed by atoms with Crippen molar-refractivity contribution in [2.45, 2.75) is 29.8 Å². The minimum absolute atomic E-state index is 0.0180. The molecular weight excluding hydrogens is 404 g/mol. The number of benzene rings is 2. The molecule has 29 heavy (non-hydrogen) atoms. The first kappa shape index (κ1) is 20.9. The van der Waals surface area contributed by atoms with Crippen LogP contribution in [-0.4, -0.2) is 33.3 Å². The summed E-state index contributed by atoms with van der Waals surface area (Å²) in [7, 11) is -2.31. The number of carbonyl (C=O) groups is 2. The minimum Gasteiger partial charge on any atom is -0.357 e. The Morgan fingerprint density at radius 1 is 1.03 bits per heavy atom. The molecular formula is C19H19F2N3O4S. The van der Waals surface area contributed by atoms with Crippen LogP contribution in [0.5, 0.6) is 0 Å². The number of rotatable bonds is 7. The largest absolute Gasteiger partial charge is 0.357 e. The number of likely N-dealkylation sites (N-methyl/N-ethyl adjacent to an activating group) is 1. The number of amides is 2. The Morgan fingerprint density at radius 2 is 1.69 bits per heavy atom. The molecule has 0 aliphatic heterocycles. The summed E-state index contributed by atoms with van der Waals surface area (Å²) in [6.07, 6.45) is 1.59. The fourth-order valence-electron chi connectivity index (χ4n) is 2.63. The van der Waals surface area contributed by atoms with E-state index in [2.05, 4.69) is 15.4 Å². The summed E-state index contributed by atoms with van der Waals surface area (Å²) in [5.41, 5.74) is 0.163. The lowest BCUT2D eigenvalue weighted by Gasteiger charge is -2.18. The lowest BCUT2D eigenvalue weighted by atomic mass is 10.0. The maximum absolute atomic E-state index is 13.5. The van der Waals surface area contributed by atoms with E-state index < -0.39 is 39.5 Å². The van der Waals surface area contributed by atoms with E-state index in [9.17, 15) is 26.8 Å². The molecule has 1 atom stereocenters. The van der Waals surface area contributed by atoms with E-state index in [0.717, 1.165) is 25.0 Å². The lowest BCUT2D eigenvalue weighted by molar-refractivity contribution is -0.122. The Hall–Kier alpha value is -2.85. The maximum Gasteiger partial charge on any atom is 0.252 e. The molecule has 0 spiro atoms. The van der Waals surface area contributed by atoms with Crippen molar-refractivity contribution in [2.24, 2.45) is 0 Å². The highest BCUT2D eigenvalue weighted by molar-refractivity contribution is 7.89. The second-order valence-corrected chi connectivity index (χ2v) is 8.33. The van der Waals surface area contributed by atoms with Crippen LogP contribution in [0.2, 0.25) is 0 Å². The van der Waals surface area contributed by atoms with Gasteiger partial charge in [0.05, 0.1) is 4.90 Å². The van der Waals surface area contributed by atoms with Gasteiger partial charge in [0, 0.05) is 18.7 Å². The van der Waals surface area contributed by atoms with Crippen LogP contribution in [0.25, 0.3) is 0 Å². The van der Waals surface area contributed by atoms with Gasteiger partial charge in [0.15, 0.2) is 11.6 Å². The molecule has 2 amide bonds. The van der Waals surface area contributed by atoms with Crippen LogP contribution in [0.3, 0.4) is 0 Å². The van der Waals surface area contributed by atoms with Gasteiger partial charge >= 0.3 is 0 Å². The zero-order valence-electron chi connectivity index (χ0n) is 15.4. The smallest absolute Gasteiger partial charge is 0.252 e. The van der Waals surface area contributed by atoms with Gasteiger partial charge in [0.2, 0.25) is 15.9 Å². The van der Waals surface area contributed by atoms with Gasteiger partial charge in [0.1, 0.15) is 6.04 Å². The molecule has 0 saturated heterocycles. The second kappa shape index (κ2) is 8.26. The number of nitrogens with one attached hydrogen (secondary N) is 3. The van der Waals surface area contributed by atoms with Gasteiger partial charge < -0.3 is 10.6 Å². The van der Waals surface area contributed by atoms with Crippen molar-refractivity contribution in [3.05, 3.63) is 65.2 Å². The van der Waals surface area contributed by atoms with Crippen LogP contribution in [0, 0.1) is 11.6 Å². The van der Waals surface area contributed by atoms with Crippen LogP contribution in [0.1, 0.15) is 34.8 Å². The van der Waals surface area contributed by atoms with Crippen molar-refractivity contribution < 1.29 is 26.8 Å². The number of carbonyl (C=O) groups excluding carboxylic acids is 2. The molecule has 2 aromatic rings. The molecule has 0 bridgehead atoms. The third kappa shape index (κ3) is 4.96. The SMILES string of the molecule is CNC(=O)C(NC(=O)c1ccc(S(=O)(=O)NC2CC2)cc1)c1ccc(F)c(F)c1. The van der Waals surface area contributed by atoms with Crippen molar-refractivity contribution in [3.63, 3.8) is 0 Å². The molecule has 1 fully saturated rings. The van der Waals surface area contributed by atoms with Crippen molar-refractivity contribution in [1.29, 1.82) is 0 Å². The number of halogens is 2. The highest BCUT2D eigenvalue weighted by Crippen LogP contribution is 2.22. The van der Waals surface area contributed by atoms with Crippen molar-refractivity contribution in [2.75, 3.05) is 7.05 Å². The van der Waals surface area contributed by atoms with Crippen LogP contribution < -0.4 is 15.4 Å². The van der Waals surface area contributed by atoms with E-state index in [4.69, 9.17) is 0 Å². The highest BCUT2D eigenvalue weighted by Gasteiger charge is 2.28. The van der Waals surface area contributed by atoms with Crippen LogP contribution >= 0.6 is 0 Å². The first-order valence-electron chi connectivity index (χ1n) is 8.81. The minimum atomic E-state index is -3.65. The Morgan fingerprint density at radius 3 is 2.24 bits per heavy atom. The first-order chi connectivity index (χ1) is 13.7. The van der Waals surface area contributed by atoms with E-state index in [0.29, 0.717) is 0 Å². The molecule has 0 radical (unpaired) electrons. The van der Waals surface area contributed by atoms with Gasteiger partial charge in [-0.1, -0.05) is 6.07 Å². The van der Waals surface area contributed by atoms with Gasteiger partial charge in [-0.15, -0.1) is 0 Å². The molecule has 3 N–H and O–H groups in total. The van der Waals surface area contributed by atoms with Gasteiger partial charge in [0.25, 0.3) is 5.91 Å². The Bertz CT molecular complexity index is 1040. The van der Waals surface area contributed by atoms with Crippen molar-refractivity contribution in [3.8, 4) is 0 Å². The monoisotopic (exact) mass is 423 g/mol.